The number of aryl methyl sites for hydroxylation is 2. The number of hydrogen-bond acceptors (Lipinski definition) is 2. The molecule has 2 aromatic rings. The summed E-state index contributed by atoms with van der Waals surface area (Å²) in [5, 5.41) is 3.51. The third kappa shape index (κ3) is 2.37. The summed E-state index contributed by atoms with van der Waals surface area (Å²) in [5.74, 6) is 1.66. The largest absolute Gasteiger partial charge is 0.355 e. The van der Waals surface area contributed by atoms with Gasteiger partial charge in [0.25, 0.3) is 0 Å². The molecule has 1 aromatic heterocycles. The lowest BCUT2D eigenvalue weighted by Gasteiger charge is -2.30. The molecule has 0 radical (unpaired) electrons. The number of imidazole rings is 1. The predicted molar refractivity (Wildman–Crippen MR) is 78.6 cm³/mol. The summed E-state index contributed by atoms with van der Waals surface area (Å²) in [6.45, 7) is 6.26. The van der Waals surface area contributed by atoms with Crippen LogP contribution in [0.5, 0.6) is 0 Å². The minimum Gasteiger partial charge on any atom is -0.355 e. The van der Waals surface area contributed by atoms with Crippen molar-refractivity contribution in [2.45, 2.75) is 39.2 Å². The van der Waals surface area contributed by atoms with Gasteiger partial charge in [-0.15, -0.1) is 0 Å². The van der Waals surface area contributed by atoms with Gasteiger partial charge in [-0.1, -0.05) is 31.2 Å². The van der Waals surface area contributed by atoms with Gasteiger partial charge >= 0.3 is 0 Å². The van der Waals surface area contributed by atoms with E-state index >= 15 is 0 Å². The van der Waals surface area contributed by atoms with Gasteiger partial charge in [-0.2, -0.15) is 0 Å². The number of nitrogens with one attached hydrogen (secondary N) is 1. The van der Waals surface area contributed by atoms with Crippen LogP contribution in [0.2, 0.25) is 0 Å². The van der Waals surface area contributed by atoms with Crippen molar-refractivity contribution in [1.29, 1.82) is 0 Å². The van der Waals surface area contributed by atoms with Crippen LogP contribution in [0.4, 0.5) is 5.95 Å². The molecular weight excluding hydrogens is 234 g/mol. The van der Waals surface area contributed by atoms with Crippen molar-refractivity contribution in [2.75, 3.05) is 11.9 Å². The van der Waals surface area contributed by atoms with E-state index in [1.54, 1.807) is 0 Å². The topological polar surface area (TPSA) is 29.9 Å². The number of hydrogen-bond donors (Lipinski definition) is 1. The fraction of sp³-hybridized carbons (Fsp3) is 0.438. The zero-order valence-corrected chi connectivity index (χ0v) is 11.7. The lowest BCUT2D eigenvalue weighted by atomic mass is 9.78. The monoisotopic (exact) mass is 255 g/mol. The summed E-state index contributed by atoms with van der Waals surface area (Å²) in [6, 6.07) is 8.73. The minimum absolute atomic E-state index is 0.642. The fourth-order valence-corrected chi connectivity index (χ4v) is 2.86. The van der Waals surface area contributed by atoms with Crippen molar-refractivity contribution in [3.63, 3.8) is 0 Å². The predicted octanol–water partition coefficient (Wildman–Crippen LogP) is 3.35. The second kappa shape index (κ2) is 5.08. The number of aromatic nitrogens is 2. The van der Waals surface area contributed by atoms with Crippen molar-refractivity contribution in [1.82, 2.24) is 9.55 Å². The van der Waals surface area contributed by atoms with E-state index in [9.17, 15) is 0 Å². The molecule has 1 aliphatic carbocycles. The first-order valence-electron chi connectivity index (χ1n) is 7.13. The Labute approximate surface area is 114 Å². The van der Waals surface area contributed by atoms with Crippen LogP contribution < -0.4 is 5.32 Å². The molecule has 19 heavy (non-hydrogen) atoms. The first kappa shape index (κ1) is 12.3. The fourth-order valence-electron chi connectivity index (χ4n) is 2.86. The SMILES string of the molecule is CCCn1cc(C)nc1NCC1Cc2ccccc21. The molecule has 100 valence electrons. The summed E-state index contributed by atoms with van der Waals surface area (Å²) in [6.07, 6.45) is 4.45. The van der Waals surface area contributed by atoms with E-state index in [2.05, 4.69) is 59.2 Å². The molecule has 0 saturated carbocycles. The Hall–Kier alpha value is -1.77. The van der Waals surface area contributed by atoms with Crippen LogP contribution in [0.25, 0.3) is 0 Å². The molecule has 0 aliphatic heterocycles. The van der Waals surface area contributed by atoms with E-state index in [1.165, 1.54) is 17.5 Å². The van der Waals surface area contributed by atoms with Gasteiger partial charge in [0, 0.05) is 25.2 Å². The minimum atomic E-state index is 0.642. The highest BCUT2D eigenvalue weighted by Crippen LogP contribution is 2.34. The van der Waals surface area contributed by atoms with E-state index in [-0.39, 0.29) is 0 Å². The lowest BCUT2D eigenvalue weighted by Crippen LogP contribution is -2.25. The van der Waals surface area contributed by atoms with Gasteiger partial charge in [0.15, 0.2) is 0 Å². The molecule has 0 amide bonds. The zero-order valence-electron chi connectivity index (χ0n) is 11.7. The smallest absolute Gasteiger partial charge is 0.203 e. The quantitative estimate of drug-likeness (QED) is 0.888. The molecule has 3 heteroatoms. The van der Waals surface area contributed by atoms with Crippen molar-refractivity contribution in [2.24, 2.45) is 0 Å². The summed E-state index contributed by atoms with van der Waals surface area (Å²) >= 11 is 0. The molecule has 1 aliphatic rings. The summed E-state index contributed by atoms with van der Waals surface area (Å²) in [7, 11) is 0. The Kier molecular flexibility index (Phi) is 3.28. The van der Waals surface area contributed by atoms with Crippen LogP contribution in [-0.4, -0.2) is 16.1 Å². The van der Waals surface area contributed by atoms with Crippen LogP contribution in [0.15, 0.2) is 30.5 Å². The summed E-state index contributed by atoms with van der Waals surface area (Å²) in [4.78, 5) is 4.57. The van der Waals surface area contributed by atoms with E-state index in [0.717, 1.165) is 31.2 Å². The molecule has 0 bridgehead atoms. The van der Waals surface area contributed by atoms with Crippen molar-refractivity contribution in [3.8, 4) is 0 Å². The van der Waals surface area contributed by atoms with Gasteiger partial charge in [0.2, 0.25) is 5.95 Å². The van der Waals surface area contributed by atoms with Gasteiger partial charge in [0.05, 0.1) is 5.69 Å². The maximum Gasteiger partial charge on any atom is 0.203 e. The average molecular weight is 255 g/mol. The van der Waals surface area contributed by atoms with E-state index < -0.39 is 0 Å². The highest BCUT2D eigenvalue weighted by molar-refractivity contribution is 5.42. The molecule has 3 nitrogen and oxygen atoms in total. The van der Waals surface area contributed by atoms with Crippen LogP contribution >= 0.6 is 0 Å². The molecule has 1 atom stereocenters. The maximum absolute atomic E-state index is 4.57. The zero-order chi connectivity index (χ0) is 13.2. The standard InChI is InChI=1S/C16H21N3/c1-3-8-19-11-12(2)18-16(19)17-10-14-9-13-6-4-5-7-15(13)14/h4-7,11,14H,3,8-10H2,1-2H3,(H,17,18). The number of nitrogens with zero attached hydrogens (tertiary/aromatic N) is 2. The maximum atomic E-state index is 4.57. The Morgan fingerprint density at radius 3 is 3.00 bits per heavy atom. The second-order valence-corrected chi connectivity index (χ2v) is 5.38. The number of anilines is 1. The highest BCUT2D eigenvalue weighted by atomic mass is 15.2. The molecule has 0 fully saturated rings. The first-order valence-corrected chi connectivity index (χ1v) is 7.13. The van der Waals surface area contributed by atoms with Crippen LogP contribution in [0, 0.1) is 6.92 Å². The number of fused-ring (bicyclic) bond motifs is 1. The molecule has 3 rings (SSSR count). The first-order chi connectivity index (χ1) is 9.28. The molecular formula is C16H21N3. The Balaban J connectivity index is 1.65. The highest BCUT2D eigenvalue weighted by Gasteiger charge is 2.25. The molecule has 1 heterocycles. The van der Waals surface area contributed by atoms with Crippen molar-refractivity contribution >= 4 is 5.95 Å². The van der Waals surface area contributed by atoms with E-state index in [1.807, 2.05) is 0 Å². The average Bonchev–Trinajstić information content (AvgIpc) is 2.71. The normalized spacial score (nSPS) is 16.8. The van der Waals surface area contributed by atoms with E-state index in [0.29, 0.717) is 5.92 Å². The van der Waals surface area contributed by atoms with Crippen LogP contribution in [0.3, 0.4) is 0 Å². The summed E-state index contributed by atoms with van der Waals surface area (Å²) in [5.41, 5.74) is 4.09. The Morgan fingerprint density at radius 1 is 1.37 bits per heavy atom. The van der Waals surface area contributed by atoms with Gasteiger partial charge in [-0.05, 0) is 30.9 Å². The molecule has 1 N–H and O–H groups in total. The van der Waals surface area contributed by atoms with Crippen LogP contribution in [-0.2, 0) is 13.0 Å². The van der Waals surface area contributed by atoms with Gasteiger partial charge in [-0.25, -0.2) is 4.98 Å². The van der Waals surface area contributed by atoms with Crippen molar-refractivity contribution in [3.05, 3.63) is 47.3 Å². The van der Waals surface area contributed by atoms with Crippen LogP contribution in [0.1, 0.15) is 36.1 Å². The third-order valence-corrected chi connectivity index (χ3v) is 3.83. The molecule has 0 saturated heterocycles. The number of rotatable bonds is 5. The Morgan fingerprint density at radius 2 is 2.21 bits per heavy atom. The molecule has 1 unspecified atom stereocenters. The van der Waals surface area contributed by atoms with E-state index in [4.69, 9.17) is 0 Å². The third-order valence-electron chi connectivity index (χ3n) is 3.83. The van der Waals surface area contributed by atoms with Gasteiger partial charge in [-0.3, -0.25) is 0 Å². The molecule has 0 spiro atoms. The van der Waals surface area contributed by atoms with Crippen molar-refractivity contribution < 1.29 is 0 Å². The van der Waals surface area contributed by atoms with Gasteiger partial charge < -0.3 is 9.88 Å². The Bertz CT molecular complexity index is 571. The summed E-state index contributed by atoms with van der Waals surface area (Å²) < 4.78 is 2.22. The number of benzene rings is 1. The lowest BCUT2D eigenvalue weighted by molar-refractivity contribution is 0.623. The van der Waals surface area contributed by atoms with Gasteiger partial charge in [0.1, 0.15) is 0 Å². The molecule has 1 aromatic carbocycles. The second-order valence-electron chi connectivity index (χ2n) is 5.38.